The van der Waals surface area contributed by atoms with Gasteiger partial charge in [0.1, 0.15) is 0 Å². The van der Waals surface area contributed by atoms with Gasteiger partial charge in [-0.05, 0) is 31.7 Å². The van der Waals surface area contributed by atoms with Crippen molar-refractivity contribution >= 4 is 23.2 Å². The second-order valence-corrected chi connectivity index (χ2v) is 4.19. The maximum Gasteiger partial charge on any atom is 0.236 e. The lowest BCUT2D eigenvalue weighted by atomic mass is 10.2. The van der Waals surface area contributed by atoms with E-state index >= 15 is 0 Å². The predicted molar refractivity (Wildman–Crippen MR) is 71.3 cm³/mol. The SMILES string of the molecule is CCN(CC(N)=O)c1ccc(CNC)c(Cl)c1. The Balaban J connectivity index is 2.90. The first-order valence-electron chi connectivity index (χ1n) is 5.54. The lowest BCUT2D eigenvalue weighted by Crippen LogP contribution is -2.33. The van der Waals surface area contributed by atoms with Crippen LogP contribution >= 0.6 is 11.6 Å². The summed E-state index contributed by atoms with van der Waals surface area (Å²) in [6.45, 7) is 3.61. The summed E-state index contributed by atoms with van der Waals surface area (Å²) in [4.78, 5) is 12.8. The molecule has 3 N–H and O–H groups in total. The largest absolute Gasteiger partial charge is 0.368 e. The Morgan fingerprint density at radius 3 is 2.71 bits per heavy atom. The van der Waals surface area contributed by atoms with E-state index < -0.39 is 0 Å². The van der Waals surface area contributed by atoms with Gasteiger partial charge in [0.15, 0.2) is 0 Å². The zero-order chi connectivity index (χ0) is 12.8. The molecule has 5 heteroatoms. The molecule has 0 radical (unpaired) electrons. The van der Waals surface area contributed by atoms with Gasteiger partial charge < -0.3 is 16.0 Å². The van der Waals surface area contributed by atoms with Crippen LogP contribution in [0.1, 0.15) is 12.5 Å². The normalized spacial score (nSPS) is 10.3. The fourth-order valence-electron chi connectivity index (χ4n) is 1.64. The Morgan fingerprint density at radius 2 is 2.24 bits per heavy atom. The van der Waals surface area contributed by atoms with Crippen molar-refractivity contribution in [2.24, 2.45) is 5.73 Å². The number of rotatable bonds is 6. The minimum Gasteiger partial charge on any atom is -0.368 e. The quantitative estimate of drug-likeness (QED) is 0.807. The van der Waals surface area contributed by atoms with Gasteiger partial charge in [0, 0.05) is 23.8 Å². The van der Waals surface area contributed by atoms with E-state index in [9.17, 15) is 4.79 Å². The number of benzene rings is 1. The third-order valence-corrected chi connectivity index (χ3v) is 2.85. The zero-order valence-corrected chi connectivity index (χ0v) is 10.9. The zero-order valence-electron chi connectivity index (χ0n) is 10.2. The third kappa shape index (κ3) is 3.91. The number of anilines is 1. The molecule has 17 heavy (non-hydrogen) atoms. The van der Waals surface area contributed by atoms with Gasteiger partial charge in [-0.2, -0.15) is 0 Å². The van der Waals surface area contributed by atoms with E-state index in [1.54, 1.807) is 0 Å². The molecule has 0 heterocycles. The minimum absolute atomic E-state index is 0.207. The number of nitrogens with two attached hydrogens (primary N) is 1. The van der Waals surface area contributed by atoms with Crippen LogP contribution in [-0.2, 0) is 11.3 Å². The van der Waals surface area contributed by atoms with Crippen molar-refractivity contribution in [1.82, 2.24) is 5.32 Å². The highest BCUT2D eigenvalue weighted by Gasteiger charge is 2.09. The van der Waals surface area contributed by atoms with Gasteiger partial charge >= 0.3 is 0 Å². The molecule has 0 saturated heterocycles. The Morgan fingerprint density at radius 1 is 1.53 bits per heavy atom. The van der Waals surface area contributed by atoms with Crippen LogP contribution in [0.3, 0.4) is 0 Å². The molecule has 0 fully saturated rings. The lowest BCUT2D eigenvalue weighted by Gasteiger charge is -2.22. The Hall–Kier alpha value is -1.26. The summed E-state index contributed by atoms with van der Waals surface area (Å²) >= 11 is 6.16. The van der Waals surface area contributed by atoms with E-state index in [1.807, 2.05) is 37.1 Å². The first kappa shape index (κ1) is 13.8. The summed E-state index contributed by atoms with van der Waals surface area (Å²) in [5.41, 5.74) is 7.15. The first-order valence-corrected chi connectivity index (χ1v) is 5.92. The summed E-state index contributed by atoms with van der Waals surface area (Å²) in [5, 5.41) is 3.74. The smallest absolute Gasteiger partial charge is 0.236 e. The van der Waals surface area contributed by atoms with Crippen molar-refractivity contribution in [3.63, 3.8) is 0 Å². The lowest BCUT2D eigenvalue weighted by molar-refractivity contribution is -0.116. The number of halogens is 1. The van der Waals surface area contributed by atoms with E-state index in [0.717, 1.165) is 17.8 Å². The number of primary amides is 1. The molecule has 1 amide bonds. The second-order valence-electron chi connectivity index (χ2n) is 3.79. The van der Waals surface area contributed by atoms with Crippen LogP contribution in [0.5, 0.6) is 0 Å². The standard InChI is InChI=1S/C12H18ClN3O/c1-3-16(8-12(14)17)10-5-4-9(7-15-2)11(13)6-10/h4-6,15H,3,7-8H2,1-2H3,(H2,14,17). The summed E-state index contributed by atoms with van der Waals surface area (Å²) in [6, 6.07) is 5.77. The van der Waals surface area contributed by atoms with Crippen molar-refractivity contribution in [3.05, 3.63) is 28.8 Å². The molecular weight excluding hydrogens is 238 g/mol. The van der Waals surface area contributed by atoms with E-state index in [0.29, 0.717) is 11.6 Å². The Kier molecular flexibility index (Phi) is 5.25. The van der Waals surface area contributed by atoms with Gasteiger partial charge in [-0.15, -0.1) is 0 Å². The first-order chi connectivity index (χ1) is 8.08. The maximum atomic E-state index is 10.9. The van der Waals surface area contributed by atoms with Crippen molar-refractivity contribution in [3.8, 4) is 0 Å². The predicted octanol–water partition coefficient (Wildman–Crippen LogP) is 1.37. The van der Waals surface area contributed by atoms with Crippen molar-refractivity contribution in [2.45, 2.75) is 13.5 Å². The average Bonchev–Trinajstić information content (AvgIpc) is 2.28. The fraction of sp³-hybridized carbons (Fsp3) is 0.417. The fourth-order valence-corrected chi connectivity index (χ4v) is 1.88. The van der Waals surface area contributed by atoms with Crippen LogP contribution < -0.4 is 16.0 Å². The van der Waals surface area contributed by atoms with Crippen LogP contribution in [-0.4, -0.2) is 26.0 Å². The number of carbonyl (C=O) groups is 1. The molecule has 1 aromatic rings. The molecule has 0 unspecified atom stereocenters. The molecule has 0 bridgehead atoms. The van der Waals surface area contributed by atoms with Crippen molar-refractivity contribution < 1.29 is 4.79 Å². The molecular formula is C12H18ClN3O. The molecule has 0 spiro atoms. The summed E-state index contributed by atoms with van der Waals surface area (Å²) in [5.74, 6) is -0.345. The maximum absolute atomic E-state index is 10.9. The number of carbonyl (C=O) groups excluding carboxylic acids is 1. The van der Waals surface area contributed by atoms with Crippen molar-refractivity contribution in [2.75, 3.05) is 25.0 Å². The highest BCUT2D eigenvalue weighted by atomic mass is 35.5. The van der Waals surface area contributed by atoms with Crippen LogP contribution in [0, 0.1) is 0 Å². The van der Waals surface area contributed by atoms with Crippen LogP contribution in [0.2, 0.25) is 5.02 Å². The molecule has 1 aromatic carbocycles. The van der Waals surface area contributed by atoms with Gasteiger partial charge in [-0.25, -0.2) is 0 Å². The van der Waals surface area contributed by atoms with E-state index in [1.165, 1.54) is 0 Å². The molecule has 1 rings (SSSR count). The minimum atomic E-state index is -0.345. The summed E-state index contributed by atoms with van der Waals surface area (Å²) < 4.78 is 0. The topological polar surface area (TPSA) is 58.4 Å². The molecule has 0 aliphatic carbocycles. The average molecular weight is 256 g/mol. The second kappa shape index (κ2) is 6.47. The Labute approximate surface area is 107 Å². The molecule has 0 aliphatic heterocycles. The van der Waals surface area contributed by atoms with Crippen molar-refractivity contribution in [1.29, 1.82) is 0 Å². The van der Waals surface area contributed by atoms with Crippen LogP contribution in [0.25, 0.3) is 0 Å². The monoisotopic (exact) mass is 255 g/mol. The Bertz CT molecular complexity index is 395. The molecule has 0 aromatic heterocycles. The highest BCUT2D eigenvalue weighted by Crippen LogP contribution is 2.23. The van der Waals surface area contributed by atoms with Crippen LogP contribution in [0.4, 0.5) is 5.69 Å². The molecule has 0 aliphatic rings. The number of amides is 1. The number of hydrogen-bond acceptors (Lipinski definition) is 3. The molecule has 0 saturated carbocycles. The van der Waals surface area contributed by atoms with Gasteiger partial charge in [-0.3, -0.25) is 4.79 Å². The molecule has 0 atom stereocenters. The van der Waals surface area contributed by atoms with Gasteiger partial charge in [0.05, 0.1) is 6.54 Å². The third-order valence-electron chi connectivity index (χ3n) is 2.50. The van der Waals surface area contributed by atoms with E-state index in [-0.39, 0.29) is 12.5 Å². The number of likely N-dealkylation sites (N-methyl/N-ethyl adjacent to an activating group) is 1. The van der Waals surface area contributed by atoms with E-state index in [2.05, 4.69) is 5.32 Å². The number of nitrogens with zero attached hydrogens (tertiary/aromatic N) is 1. The van der Waals surface area contributed by atoms with Gasteiger partial charge in [0.25, 0.3) is 0 Å². The van der Waals surface area contributed by atoms with E-state index in [4.69, 9.17) is 17.3 Å². The molecule has 94 valence electrons. The summed E-state index contributed by atoms with van der Waals surface area (Å²) in [7, 11) is 1.87. The number of hydrogen-bond donors (Lipinski definition) is 2. The summed E-state index contributed by atoms with van der Waals surface area (Å²) in [6.07, 6.45) is 0. The van der Waals surface area contributed by atoms with Gasteiger partial charge in [-0.1, -0.05) is 17.7 Å². The number of nitrogens with one attached hydrogen (secondary N) is 1. The molecule has 4 nitrogen and oxygen atoms in total. The van der Waals surface area contributed by atoms with Crippen LogP contribution in [0.15, 0.2) is 18.2 Å². The van der Waals surface area contributed by atoms with Gasteiger partial charge in [0.2, 0.25) is 5.91 Å². The highest BCUT2D eigenvalue weighted by molar-refractivity contribution is 6.31.